The first-order valence-corrected chi connectivity index (χ1v) is 5.89. The molecule has 2 aromatic rings. The summed E-state index contributed by atoms with van der Waals surface area (Å²) in [7, 11) is 1.96. The van der Waals surface area contributed by atoms with Gasteiger partial charge < -0.3 is 9.88 Å². The molecule has 4 heteroatoms. The van der Waals surface area contributed by atoms with Crippen LogP contribution in [0.1, 0.15) is 27.3 Å². The Balaban J connectivity index is 2.06. The van der Waals surface area contributed by atoms with Crippen LogP contribution >= 0.6 is 0 Å². The van der Waals surface area contributed by atoms with E-state index in [1.54, 1.807) is 12.4 Å². The van der Waals surface area contributed by atoms with Gasteiger partial charge in [0.15, 0.2) is 0 Å². The van der Waals surface area contributed by atoms with E-state index in [0.717, 1.165) is 22.5 Å². The smallest absolute Gasteiger partial charge is 0.253 e. The number of hydrogen-bond donors (Lipinski definition) is 1. The van der Waals surface area contributed by atoms with Gasteiger partial charge in [-0.15, -0.1) is 0 Å². The summed E-state index contributed by atoms with van der Waals surface area (Å²) < 4.78 is 2.02. The van der Waals surface area contributed by atoms with Crippen LogP contribution in [0.4, 0.5) is 0 Å². The van der Waals surface area contributed by atoms with Crippen LogP contribution in [-0.2, 0) is 13.6 Å². The molecule has 94 valence electrons. The molecule has 4 nitrogen and oxygen atoms in total. The van der Waals surface area contributed by atoms with Crippen LogP contribution in [0.3, 0.4) is 0 Å². The van der Waals surface area contributed by atoms with Crippen LogP contribution < -0.4 is 5.32 Å². The number of aromatic nitrogens is 2. The lowest BCUT2D eigenvalue weighted by molar-refractivity contribution is 0.0950. The molecule has 0 aliphatic carbocycles. The van der Waals surface area contributed by atoms with Crippen molar-refractivity contribution >= 4 is 5.91 Å². The number of nitrogens with zero attached hydrogens (tertiary/aromatic N) is 2. The minimum atomic E-state index is -0.0342. The van der Waals surface area contributed by atoms with Gasteiger partial charge in [0.2, 0.25) is 0 Å². The predicted octanol–water partition coefficient (Wildman–Crippen LogP) is 1.97. The summed E-state index contributed by atoms with van der Waals surface area (Å²) in [6.07, 6.45) is 3.44. The van der Waals surface area contributed by atoms with Crippen molar-refractivity contribution in [2.45, 2.75) is 20.4 Å². The van der Waals surface area contributed by atoms with Crippen LogP contribution in [0.5, 0.6) is 0 Å². The van der Waals surface area contributed by atoms with Crippen molar-refractivity contribution in [3.63, 3.8) is 0 Å². The number of pyridine rings is 1. The molecule has 0 atom stereocenters. The minimum absolute atomic E-state index is 0.0342. The predicted molar refractivity (Wildman–Crippen MR) is 70.3 cm³/mol. The molecule has 2 heterocycles. The van der Waals surface area contributed by atoms with Crippen molar-refractivity contribution in [2.75, 3.05) is 0 Å². The van der Waals surface area contributed by atoms with Crippen LogP contribution in [0, 0.1) is 13.8 Å². The zero-order valence-electron chi connectivity index (χ0n) is 10.9. The molecule has 1 amide bonds. The van der Waals surface area contributed by atoms with E-state index in [2.05, 4.69) is 10.3 Å². The average Bonchev–Trinajstić information content (AvgIpc) is 2.65. The largest absolute Gasteiger partial charge is 0.351 e. The fourth-order valence-electron chi connectivity index (χ4n) is 1.86. The monoisotopic (exact) mass is 243 g/mol. The van der Waals surface area contributed by atoms with Gasteiger partial charge in [0.1, 0.15) is 0 Å². The van der Waals surface area contributed by atoms with Gasteiger partial charge in [0, 0.05) is 37.4 Å². The third-order valence-electron chi connectivity index (χ3n) is 3.22. The lowest BCUT2D eigenvalue weighted by Gasteiger charge is -2.05. The van der Waals surface area contributed by atoms with Gasteiger partial charge in [-0.25, -0.2) is 0 Å². The molecule has 2 aromatic heterocycles. The Labute approximate surface area is 107 Å². The molecular weight excluding hydrogens is 226 g/mol. The van der Waals surface area contributed by atoms with Crippen molar-refractivity contribution in [1.29, 1.82) is 0 Å². The SMILES string of the molecule is Cc1cc(C(=O)NCc2ccncc2)c(C)n1C. The molecule has 0 bridgehead atoms. The first-order valence-electron chi connectivity index (χ1n) is 5.89. The maximum absolute atomic E-state index is 12.1. The summed E-state index contributed by atoms with van der Waals surface area (Å²) in [5.41, 5.74) is 3.86. The lowest BCUT2D eigenvalue weighted by atomic mass is 10.2. The molecular formula is C14H17N3O. The minimum Gasteiger partial charge on any atom is -0.351 e. The molecule has 0 radical (unpaired) electrons. The second-order valence-electron chi connectivity index (χ2n) is 4.38. The molecule has 0 aliphatic heterocycles. The maximum atomic E-state index is 12.1. The fraction of sp³-hybridized carbons (Fsp3) is 0.286. The zero-order chi connectivity index (χ0) is 13.1. The normalized spacial score (nSPS) is 10.4. The summed E-state index contributed by atoms with van der Waals surface area (Å²) in [6.45, 7) is 4.47. The van der Waals surface area contributed by atoms with Crippen molar-refractivity contribution in [2.24, 2.45) is 7.05 Å². The van der Waals surface area contributed by atoms with E-state index in [9.17, 15) is 4.79 Å². The van der Waals surface area contributed by atoms with Crippen LogP contribution in [0.25, 0.3) is 0 Å². The van der Waals surface area contributed by atoms with E-state index in [0.29, 0.717) is 6.54 Å². The molecule has 0 saturated carbocycles. The summed E-state index contributed by atoms with van der Waals surface area (Å²) in [5, 5.41) is 2.92. The van der Waals surface area contributed by atoms with Gasteiger partial charge in [0.25, 0.3) is 5.91 Å². The Morgan fingerprint density at radius 2 is 2.00 bits per heavy atom. The second-order valence-corrected chi connectivity index (χ2v) is 4.38. The number of hydrogen-bond acceptors (Lipinski definition) is 2. The number of carbonyl (C=O) groups excluding carboxylic acids is 1. The van der Waals surface area contributed by atoms with Crippen molar-refractivity contribution < 1.29 is 4.79 Å². The molecule has 0 aliphatic rings. The highest BCUT2D eigenvalue weighted by molar-refractivity contribution is 5.95. The van der Waals surface area contributed by atoms with E-state index < -0.39 is 0 Å². The van der Waals surface area contributed by atoms with E-state index in [1.807, 2.05) is 43.7 Å². The van der Waals surface area contributed by atoms with Gasteiger partial charge in [-0.3, -0.25) is 9.78 Å². The van der Waals surface area contributed by atoms with E-state index >= 15 is 0 Å². The molecule has 0 saturated heterocycles. The number of rotatable bonds is 3. The third kappa shape index (κ3) is 2.42. The third-order valence-corrected chi connectivity index (χ3v) is 3.22. The molecule has 0 unspecified atom stereocenters. The highest BCUT2D eigenvalue weighted by Crippen LogP contribution is 2.13. The molecule has 0 fully saturated rings. The van der Waals surface area contributed by atoms with Gasteiger partial charge >= 0.3 is 0 Å². The van der Waals surface area contributed by atoms with Crippen molar-refractivity contribution in [3.8, 4) is 0 Å². The molecule has 0 spiro atoms. The zero-order valence-corrected chi connectivity index (χ0v) is 10.9. The maximum Gasteiger partial charge on any atom is 0.253 e. The second kappa shape index (κ2) is 5.04. The van der Waals surface area contributed by atoms with E-state index in [4.69, 9.17) is 0 Å². The van der Waals surface area contributed by atoms with Gasteiger partial charge in [-0.2, -0.15) is 0 Å². The summed E-state index contributed by atoms with van der Waals surface area (Å²) in [5.74, 6) is -0.0342. The molecule has 0 aromatic carbocycles. The summed E-state index contributed by atoms with van der Waals surface area (Å²) in [4.78, 5) is 16.0. The summed E-state index contributed by atoms with van der Waals surface area (Å²) >= 11 is 0. The molecule has 18 heavy (non-hydrogen) atoms. The first-order chi connectivity index (χ1) is 8.59. The Bertz CT molecular complexity index is 558. The highest BCUT2D eigenvalue weighted by Gasteiger charge is 2.13. The number of amides is 1. The number of aryl methyl sites for hydroxylation is 1. The number of nitrogens with one attached hydrogen (secondary N) is 1. The van der Waals surface area contributed by atoms with E-state index in [1.165, 1.54) is 0 Å². The van der Waals surface area contributed by atoms with Gasteiger partial charge in [0.05, 0.1) is 5.56 Å². The Kier molecular flexibility index (Phi) is 3.46. The Morgan fingerprint density at radius 3 is 2.56 bits per heavy atom. The average molecular weight is 243 g/mol. The topological polar surface area (TPSA) is 46.9 Å². The van der Waals surface area contributed by atoms with Crippen LogP contribution in [0.2, 0.25) is 0 Å². The molecule has 1 N–H and O–H groups in total. The van der Waals surface area contributed by atoms with Crippen molar-refractivity contribution in [3.05, 3.63) is 53.1 Å². The molecule has 2 rings (SSSR count). The summed E-state index contributed by atoms with van der Waals surface area (Å²) in [6, 6.07) is 5.70. The first kappa shape index (κ1) is 12.4. The fourth-order valence-corrected chi connectivity index (χ4v) is 1.86. The van der Waals surface area contributed by atoms with Gasteiger partial charge in [-0.1, -0.05) is 0 Å². The van der Waals surface area contributed by atoms with Crippen molar-refractivity contribution in [1.82, 2.24) is 14.9 Å². The lowest BCUT2D eigenvalue weighted by Crippen LogP contribution is -2.23. The number of carbonyl (C=O) groups is 1. The highest BCUT2D eigenvalue weighted by atomic mass is 16.1. The quantitative estimate of drug-likeness (QED) is 0.895. The Morgan fingerprint density at radius 1 is 1.33 bits per heavy atom. The van der Waals surface area contributed by atoms with E-state index in [-0.39, 0.29) is 5.91 Å². The standard InChI is InChI=1S/C14H17N3O/c1-10-8-13(11(2)17(10)3)14(18)16-9-12-4-6-15-7-5-12/h4-8H,9H2,1-3H3,(H,16,18). The van der Waals surface area contributed by atoms with Crippen LogP contribution in [-0.4, -0.2) is 15.5 Å². The van der Waals surface area contributed by atoms with Crippen LogP contribution in [0.15, 0.2) is 30.6 Å². The van der Waals surface area contributed by atoms with Gasteiger partial charge in [-0.05, 0) is 37.6 Å². The Hall–Kier alpha value is -2.10.